The molecule has 0 fully saturated rings. The maximum atomic E-state index is 13.3. The van der Waals surface area contributed by atoms with Crippen molar-refractivity contribution in [2.24, 2.45) is 0 Å². The van der Waals surface area contributed by atoms with Gasteiger partial charge in [0.2, 0.25) is 0 Å². The summed E-state index contributed by atoms with van der Waals surface area (Å²) in [5.41, 5.74) is 2.22. The molecule has 4 aromatic rings. The summed E-state index contributed by atoms with van der Waals surface area (Å²) >= 11 is 0. The molecule has 6 nitrogen and oxygen atoms in total. The van der Waals surface area contributed by atoms with Gasteiger partial charge in [0.05, 0.1) is 26.8 Å². The molecular formula is C25H23NO5. The van der Waals surface area contributed by atoms with E-state index in [9.17, 15) is 4.79 Å². The van der Waals surface area contributed by atoms with Crippen molar-refractivity contribution in [2.45, 2.75) is 6.61 Å². The Morgan fingerprint density at radius 3 is 2.29 bits per heavy atom. The Labute approximate surface area is 180 Å². The quantitative estimate of drug-likeness (QED) is 0.427. The maximum absolute atomic E-state index is 13.3. The van der Waals surface area contributed by atoms with Crippen LogP contribution in [-0.4, -0.2) is 31.8 Å². The third kappa shape index (κ3) is 4.05. The summed E-state index contributed by atoms with van der Waals surface area (Å²) in [5, 5.41) is 0.825. The summed E-state index contributed by atoms with van der Waals surface area (Å²) in [4.78, 5) is 13.3. The van der Waals surface area contributed by atoms with Crippen LogP contribution >= 0.6 is 0 Å². The van der Waals surface area contributed by atoms with Gasteiger partial charge in [0.25, 0.3) is 5.91 Å². The smallest absolute Gasteiger partial charge is 0.262 e. The third-order valence-corrected chi connectivity index (χ3v) is 5.07. The van der Waals surface area contributed by atoms with Crippen LogP contribution in [0, 0.1) is 0 Å². The number of benzene rings is 3. The van der Waals surface area contributed by atoms with Crippen LogP contribution in [0.2, 0.25) is 0 Å². The summed E-state index contributed by atoms with van der Waals surface area (Å²) in [5.74, 6) is 2.12. The van der Waals surface area contributed by atoms with E-state index in [1.165, 1.54) is 0 Å². The van der Waals surface area contributed by atoms with Gasteiger partial charge < -0.3 is 18.9 Å². The van der Waals surface area contributed by atoms with Crippen LogP contribution in [0.15, 0.2) is 72.9 Å². The number of hydrogen-bond acceptors (Lipinski definition) is 5. The molecular weight excluding hydrogens is 394 g/mol. The van der Waals surface area contributed by atoms with Crippen LogP contribution < -0.4 is 18.9 Å². The molecule has 0 amide bonds. The van der Waals surface area contributed by atoms with Gasteiger partial charge in [-0.2, -0.15) is 0 Å². The number of fused-ring (bicyclic) bond motifs is 1. The molecule has 0 saturated carbocycles. The minimum atomic E-state index is -0.196. The Kier molecular flexibility index (Phi) is 5.80. The lowest BCUT2D eigenvalue weighted by Crippen LogP contribution is -2.11. The molecule has 6 heteroatoms. The SMILES string of the molecule is COc1cc(OC)c2ccn(C(=O)c3ccc(OCc4ccccc4)c(OC)c3)c2c1. The van der Waals surface area contributed by atoms with Gasteiger partial charge in [-0.3, -0.25) is 9.36 Å². The van der Waals surface area contributed by atoms with E-state index in [2.05, 4.69) is 0 Å². The fourth-order valence-corrected chi connectivity index (χ4v) is 3.44. The van der Waals surface area contributed by atoms with Gasteiger partial charge in [0.15, 0.2) is 11.5 Å². The second kappa shape index (κ2) is 8.83. The summed E-state index contributed by atoms with van der Waals surface area (Å²) in [6.45, 7) is 0.409. The van der Waals surface area contributed by atoms with Gasteiger partial charge in [0, 0.05) is 29.3 Å². The lowest BCUT2D eigenvalue weighted by molar-refractivity contribution is 0.0964. The molecule has 158 valence electrons. The molecule has 4 rings (SSSR count). The van der Waals surface area contributed by atoms with Gasteiger partial charge in [-0.15, -0.1) is 0 Å². The minimum Gasteiger partial charge on any atom is -0.497 e. The maximum Gasteiger partial charge on any atom is 0.262 e. The van der Waals surface area contributed by atoms with E-state index >= 15 is 0 Å². The normalized spacial score (nSPS) is 10.7. The predicted molar refractivity (Wildman–Crippen MR) is 119 cm³/mol. The average molecular weight is 417 g/mol. The molecule has 0 spiro atoms. The molecule has 3 aromatic carbocycles. The predicted octanol–water partition coefficient (Wildman–Crippen LogP) is 4.93. The highest BCUT2D eigenvalue weighted by Gasteiger charge is 2.17. The molecule has 0 aliphatic heterocycles. The van der Waals surface area contributed by atoms with Crippen molar-refractivity contribution >= 4 is 16.8 Å². The number of aromatic nitrogens is 1. The van der Waals surface area contributed by atoms with E-state index in [0.717, 1.165) is 10.9 Å². The van der Waals surface area contributed by atoms with Gasteiger partial charge >= 0.3 is 0 Å². The first-order valence-corrected chi connectivity index (χ1v) is 9.77. The summed E-state index contributed by atoms with van der Waals surface area (Å²) in [6.07, 6.45) is 1.72. The van der Waals surface area contributed by atoms with Gasteiger partial charge in [-0.25, -0.2) is 0 Å². The number of carbonyl (C=O) groups excluding carboxylic acids is 1. The molecule has 0 N–H and O–H groups in total. The molecule has 0 bridgehead atoms. The van der Waals surface area contributed by atoms with Gasteiger partial charge in [0.1, 0.15) is 18.1 Å². The van der Waals surface area contributed by atoms with Crippen LogP contribution in [0.25, 0.3) is 10.9 Å². The summed E-state index contributed by atoms with van der Waals surface area (Å²) in [7, 11) is 4.72. The topological polar surface area (TPSA) is 58.9 Å². The molecule has 0 aliphatic carbocycles. The fraction of sp³-hybridized carbons (Fsp3) is 0.160. The van der Waals surface area contributed by atoms with E-state index in [1.807, 2.05) is 42.5 Å². The van der Waals surface area contributed by atoms with E-state index in [1.54, 1.807) is 56.4 Å². The van der Waals surface area contributed by atoms with Gasteiger partial charge in [-0.05, 0) is 29.8 Å². The number of nitrogens with zero attached hydrogens (tertiary/aromatic N) is 1. The zero-order valence-electron chi connectivity index (χ0n) is 17.6. The Morgan fingerprint density at radius 2 is 1.58 bits per heavy atom. The largest absolute Gasteiger partial charge is 0.497 e. The first kappa shape index (κ1) is 20.3. The third-order valence-electron chi connectivity index (χ3n) is 5.07. The fourth-order valence-electron chi connectivity index (χ4n) is 3.44. The Bertz CT molecular complexity index is 1210. The highest BCUT2D eigenvalue weighted by molar-refractivity contribution is 6.04. The molecule has 0 aliphatic rings. The van der Waals surface area contributed by atoms with Crippen LogP contribution in [0.1, 0.15) is 15.9 Å². The highest BCUT2D eigenvalue weighted by Crippen LogP contribution is 2.33. The molecule has 31 heavy (non-hydrogen) atoms. The van der Waals surface area contributed by atoms with E-state index < -0.39 is 0 Å². The van der Waals surface area contributed by atoms with Gasteiger partial charge in [-0.1, -0.05) is 30.3 Å². The van der Waals surface area contributed by atoms with Crippen molar-refractivity contribution in [2.75, 3.05) is 21.3 Å². The zero-order chi connectivity index (χ0) is 21.8. The van der Waals surface area contributed by atoms with Crippen LogP contribution in [-0.2, 0) is 6.61 Å². The van der Waals surface area contributed by atoms with E-state index in [-0.39, 0.29) is 5.91 Å². The van der Waals surface area contributed by atoms with Crippen LogP contribution in [0.5, 0.6) is 23.0 Å². The minimum absolute atomic E-state index is 0.196. The van der Waals surface area contributed by atoms with Crippen molar-refractivity contribution < 1.29 is 23.7 Å². The summed E-state index contributed by atoms with van der Waals surface area (Å²) in [6, 6.07) is 20.5. The molecule has 0 atom stereocenters. The van der Waals surface area contributed by atoms with E-state index in [4.69, 9.17) is 18.9 Å². The second-order valence-corrected chi connectivity index (χ2v) is 6.89. The molecule has 0 unspecified atom stereocenters. The number of hydrogen-bond donors (Lipinski definition) is 0. The van der Waals surface area contributed by atoms with Crippen LogP contribution in [0.4, 0.5) is 0 Å². The molecule has 0 saturated heterocycles. The van der Waals surface area contributed by atoms with Crippen molar-refractivity contribution in [3.05, 3.63) is 84.1 Å². The first-order chi connectivity index (χ1) is 15.1. The van der Waals surface area contributed by atoms with Crippen molar-refractivity contribution in [3.63, 3.8) is 0 Å². The summed E-state index contributed by atoms with van der Waals surface area (Å²) < 4.78 is 23.7. The highest BCUT2D eigenvalue weighted by atomic mass is 16.5. The van der Waals surface area contributed by atoms with Crippen molar-refractivity contribution in [3.8, 4) is 23.0 Å². The van der Waals surface area contributed by atoms with E-state index in [0.29, 0.717) is 40.7 Å². The molecule has 1 heterocycles. The number of ether oxygens (including phenoxy) is 4. The molecule has 1 aromatic heterocycles. The van der Waals surface area contributed by atoms with Crippen molar-refractivity contribution in [1.29, 1.82) is 0 Å². The lowest BCUT2D eigenvalue weighted by atomic mass is 10.1. The lowest BCUT2D eigenvalue weighted by Gasteiger charge is -2.13. The zero-order valence-corrected chi connectivity index (χ0v) is 17.6. The first-order valence-electron chi connectivity index (χ1n) is 9.77. The Hall–Kier alpha value is -3.93. The Balaban J connectivity index is 1.64. The molecule has 0 radical (unpaired) electrons. The Morgan fingerprint density at radius 1 is 0.806 bits per heavy atom. The number of carbonyl (C=O) groups is 1. The standard InChI is InChI=1S/C25H23NO5/c1-28-19-14-21-20(23(15-19)29-2)11-12-26(21)25(27)18-9-10-22(24(13-18)30-3)31-16-17-7-5-4-6-8-17/h4-15H,16H2,1-3H3. The number of methoxy groups -OCH3 is 3. The second-order valence-electron chi connectivity index (χ2n) is 6.89. The monoisotopic (exact) mass is 417 g/mol. The van der Waals surface area contributed by atoms with Crippen molar-refractivity contribution in [1.82, 2.24) is 4.57 Å². The van der Waals surface area contributed by atoms with Crippen LogP contribution in [0.3, 0.4) is 0 Å². The average Bonchev–Trinajstić information content (AvgIpc) is 3.26. The number of rotatable bonds is 7.